The Balaban J connectivity index is 1.70. The maximum Gasteiger partial charge on any atom is 0.273 e. The van der Waals surface area contributed by atoms with Gasteiger partial charge >= 0.3 is 0 Å². The summed E-state index contributed by atoms with van der Waals surface area (Å²) in [6.45, 7) is 8.50. The van der Waals surface area contributed by atoms with Gasteiger partial charge in [-0.2, -0.15) is 5.10 Å². The summed E-state index contributed by atoms with van der Waals surface area (Å²) in [5.41, 5.74) is 1.35. The van der Waals surface area contributed by atoms with E-state index in [2.05, 4.69) is 10.4 Å². The summed E-state index contributed by atoms with van der Waals surface area (Å²) >= 11 is 0. The van der Waals surface area contributed by atoms with Gasteiger partial charge in [-0.15, -0.1) is 0 Å². The average Bonchev–Trinajstić information content (AvgIpc) is 3.20. The number of benzene rings is 2. The van der Waals surface area contributed by atoms with E-state index in [1.165, 1.54) is 17.0 Å². The molecule has 0 aliphatic carbocycles. The molecule has 172 valence electrons. The van der Waals surface area contributed by atoms with E-state index in [1.807, 2.05) is 51.1 Å². The molecule has 7 heteroatoms. The molecule has 0 saturated heterocycles. The predicted molar refractivity (Wildman–Crippen MR) is 124 cm³/mol. The molecular formula is C26H29FN4O2. The molecule has 2 aromatic carbocycles. The summed E-state index contributed by atoms with van der Waals surface area (Å²) < 4.78 is 15.5. The molecular weight excluding hydrogens is 419 g/mol. The first-order chi connectivity index (χ1) is 15.6. The van der Waals surface area contributed by atoms with Crippen LogP contribution in [0.1, 0.15) is 55.0 Å². The monoisotopic (exact) mass is 448 g/mol. The predicted octanol–water partition coefficient (Wildman–Crippen LogP) is 4.05. The Labute approximate surface area is 193 Å². The van der Waals surface area contributed by atoms with Crippen LogP contribution in [0.25, 0.3) is 0 Å². The smallest absolute Gasteiger partial charge is 0.273 e. The number of aromatic nitrogens is 2. The zero-order valence-corrected chi connectivity index (χ0v) is 19.4. The maximum atomic E-state index is 13.9. The van der Waals surface area contributed by atoms with Crippen molar-refractivity contribution in [3.05, 3.63) is 89.0 Å². The molecule has 2 heterocycles. The van der Waals surface area contributed by atoms with Crippen molar-refractivity contribution in [3.63, 3.8) is 0 Å². The van der Waals surface area contributed by atoms with E-state index < -0.39 is 5.54 Å². The van der Waals surface area contributed by atoms with Crippen LogP contribution in [-0.4, -0.2) is 32.0 Å². The first kappa shape index (κ1) is 22.7. The van der Waals surface area contributed by atoms with E-state index in [0.717, 1.165) is 11.3 Å². The molecule has 0 saturated carbocycles. The average molecular weight is 449 g/mol. The largest absolute Gasteiger partial charge is 0.350 e. The van der Waals surface area contributed by atoms with Crippen LogP contribution in [-0.2, 0) is 29.8 Å². The van der Waals surface area contributed by atoms with Gasteiger partial charge < -0.3 is 10.2 Å². The van der Waals surface area contributed by atoms with Gasteiger partial charge in [-0.25, -0.2) is 4.39 Å². The lowest BCUT2D eigenvalue weighted by Gasteiger charge is -2.43. The molecule has 1 atom stereocenters. The van der Waals surface area contributed by atoms with E-state index in [1.54, 1.807) is 29.8 Å². The van der Waals surface area contributed by atoms with Crippen molar-refractivity contribution in [2.24, 2.45) is 0 Å². The second-order valence-corrected chi connectivity index (χ2v) is 9.79. The maximum absolute atomic E-state index is 13.9. The molecule has 0 unspecified atom stereocenters. The first-order valence-electron chi connectivity index (χ1n) is 11.0. The van der Waals surface area contributed by atoms with Gasteiger partial charge in [0.05, 0.1) is 12.2 Å². The second-order valence-electron chi connectivity index (χ2n) is 9.79. The molecule has 1 aromatic heterocycles. The highest BCUT2D eigenvalue weighted by atomic mass is 19.1. The van der Waals surface area contributed by atoms with Gasteiger partial charge in [0.2, 0.25) is 5.91 Å². The highest BCUT2D eigenvalue weighted by Crippen LogP contribution is 2.32. The summed E-state index contributed by atoms with van der Waals surface area (Å²) in [7, 11) is 0. The molecule has 4 rings (SSSR count). The van der Waals surface area contributed by atoms with Crippen LogP contribution in [0.5, 0.6) is 0 Å². The van der Waals surface area contributed by atoms with E-state index in [-0.39, 0.29) is 36.1 Å². The Morgan fingerprint density at radius 2 is 1.79 bits per heavy atom. The number of amides is 2. The van der Waals surface area contributed by atoms with Crippen LogP contribution in [0.3, 0.4) is 0 Å². The molecule has 1 aliphatic rings. The molecule has 1 aliphatic heterocycles. The van der Waals surface area contributed by atoms with Crippen LogP contribution in [0.15, 0.2) is 60.7 Å². The van der Waals surface area contributed by atoms with Crippen molar-refractivity contribution < 1.29 is 14.0 Å². The molecule has 1 N–H and O–H groups in total. The lowest BCUT2D eigenvalue weighted by atomic mass is 9.91. The van der Waals surface area contributed by atoms with Crippen molar-refractivity contribution in [1.82, 2.24) is 20.0 Å². The first-order valence-corrected chi connectivity index (χ1v) is 11.0. The third-order valence-electron chi connectivity index (χ3n) is 6.08. The molecule has 33 heavy (non-hydrogen) atoms. The van der Waals surface area contributed by atoms with Crippen molar-refractivity contribution >= 4 is 11.8 Å². The summed E-state index contributed by atoms with van der Waals surface area (Å²) in [5.74, 6) is -0.965. The Hall–Kier alpha value is -3.48. The molecule has 3 aromatic rings. The summed E-state index contributed by atoms with van der Waals surface area (Å²) in [4.78, 5) is 28.7. The minimum absolute atomic E-state index is 0.113. The molecule has 0 radical (unpaired) electrons. The van der Waals surface area contributed by atoms with Gasteiger partial charge in [0.1, 0.15) is 17.1 Å². The lowest BCUT2D eigenvalue weighted by Crippen LogP contribution is -2.63. The number of hydrogen-bond acceptors (Lipinski definition) is 3. The van der Waals surface area contributed by atoms with Crippen LogP contribution in [0.2, 0.25) is 0 Å². The Kier molecular flexibility index (Phi) is 5.82. The SMILES string of the molecule is CC(C)(C)c1cc2n(n1)C[C@](C)(C(=O)NCc1ccccc1)N(Cc1cccc(F)c1)C2=O. The number of carbonyl (C=O) groups excluding carboxylic acids is 2. The number of nitrogens with zero attached hydrogens (tertiary/aromatic N) is 3. The number of nitrogens with one attached hydrogen (secondary N) is 1. The highest BCUT2D eigenvalue weighted by molar-refractivity contribution is 5.99. The molecule has 0 fully saturated rings. The lowest BCUT2D eigenvalue weighted by molar-refractivity contribution is -0.133. The zero-order chi connectivity index (χ0) is 23.8. The van der Waals surface area contributed by atoms with Crippen molar-refractivity contribution in [2.45, 2.75) is 58.3 Å². The normalized spacial score (nSPS) is 18.2. The number of hydrogen-bond donors (Lipinski definition) is 1. The van der Waals surface area contributed by atoms with Gasteiger partial charge in [0.25, 0.3) is 5.91 Å². The molecule has 0 spiro atoms. The Morgan fingerprint density at radius 1 is 1.09 bits per heavy atom. The van der Waals surface area contributed by atoms with E-state index in [0.29, 0.717) is 17.8 Å². The fraction of sp³-hybridized carbons (Fsp3) is 0.346. The standard InChI is InChI=1S/C26H29FN4O2/c1-25(2,3)22-14-21-23(32)30(16-19-11-8-12-20(27)13-19)26(4,17-31(21)29-22)24(33)28-15-18-9-6-5-7-10-18/h5-14H,15-17H2,1-4H3,(H,28,33)/t26-/m1/s1. The number of carbonyl (C=O) groups is 2. The third kappa shape index (κ3) is 4.53. The van der Waals surface area contributed by atoms with E-state index >= 15 is 0 Å². The number of halogens is 1. The molecule has 2 amide bonds. The number of fused-ring (bicyclic) bond motifs is 1. The van der Waals surface area contributed by atoms with Gasteiger partial charge in [-0.3, -0.25) is 14.3 Å². The van der Waals surface area contributed by atoms with Gasteiger partial charge in [-0.05, 0) is 36.2 Å². The van der Waals surface area contributed by atoms with Crippen LogP contribution < -0.4 is 5.32 Å². The van der Waals surface area contributed by atoms with Gasteiger partial charge in [0, 0.05) is 18.5 Å². The summed E-state index contributed by atoms with van der Waals surface area (Å²) in [6, 6.07) is 17.5. The van der Waals surface area contributed by atoms with E-state index in [9.17, 15) is 14.0 Å². The van der Waals surface area contributed by atoms with Crippen molar-refractivity contribution in [3.8, 4) is 0 Å². The quantitative estimate of drug-likeness (QED) is 0.640. The van der Waals surface area contributed by atoms with Crippen molar-refractivity contribution in [1.29, 1.82) is 0 Å². The van der Waals surface area contributed by atoms with Crippen LogP contribution in [0.4, 0.5) is 4.39 Å². The number of rotatable bonds is 5. The Morgan fingerprint density at radius 3 is 2.45 bits per heavy atom. The van der Waals surface area contributed by atoms with Gasteiger partial charge in [-0.1, -0.05) is 63.2 Å². The van der Waals surface area contributed by atoms with Gasteiger partial charge in [0.15, 0.2) is 0 Å². The minimum Gasteiger partial charge on any atom is -0.350 e. The summed E-state index contributed by atoms with van der Waals surface area (Å²) in [6.07, 6.45) is 0. The molecule has 6 nitrogen and oxygen atoms in total. The van der Waals surface area contributed by atoms with Crippen LogP contribution >= 0.6 is 0 Å². The Bertz CT molecular complexity index is 1180. The van der Waals surface area contributed by atoms with Crippen molar-refractivity contribution in [2.75, 3.05) is 0 Å². The zero-order valence-electron chi connectivity index (χ0n) is 19.4. The third-order valence-corrected chi connectivity index (χ3v) is 6.08. The fourth-order valence-electron chi connectivity index (χ4n) is 4.04. The summed E-state index contributed by atoms with van der Waals surface area (Å²) in [5, 5.41) is 7.63. The highest BCUT2D eigenvalue weighted by Gasteiger charge is 2.48. The topological polar surface area (TPSA) is 67.2 Å². The molecule has 0 bridgehead atoms. The van der Waals surface area contributed by atoms with E-state index in [4.69, 9.17) is 0 Å². The van der Waals surface area contributed by atoms with Crippen LogP contribution in [0, 0.1) is 5.82 Å². The fourth-order valence-corrected chi connectivity index (χ4v) is 4.04. The minimum atomic E-state index is -1.20. The second kappa shape index (κ2) is 8.46.